The molecule has 1 saturated heterocycles. The van der Waals surface area contributed by atoms with Crippen molar-refractivity contribution in [3.63, 3.8) is 0 Å². The summed E-state index contributed by atoms with van der Waals surface area (Å²) < 4.78 is 17.5. The lowest BCUT2D eigenvalue weighted by Crippen LogP contribution is -2.38. The molecule has 0 aliphatic carbocycles. The second-order valence-corrected chi connectivity index (χ2v) is 6.24. The van der Waals surface area contributed by atoms with Crippen LogP contribution in [0.2, 0.25) is 5.02 Å². The van der Waals surface area contributed by atoms with Crippen molar-refractivity contribution in [3.8, 4) is 5.75 Å². The fraction of sp³-hybridized carbons (Fsp3) is 0.600. The average molecular weight is 415 g/mol. The summed E-state index contributed by atoms with van der Waals surface area (Å²) in [6, 6.07) is 3.73. The zero-order chi connectivity index (χ0) is 15.1. The number of hydrogen-bond acceptors (Lipinski definition) is 4. The first-order chi connectivity index (χ1) is 10.2. The number of ether oxygens (including phenoxy) is 3. The first kappa shape index (κ1) is 20.0. The van der Waals surface area contributed by atoms with Gasteiger partial charge in [-0.15, -0.1) is 12.4 Å². The second kappa shape index (κ2) is 10.7. The number of benzene rings is 1. The molecule has 0 bridgehead atoms. The van der Waals surface area contributed by atoms with Crippen LogP contribution in [0.4, 0.5) is 0 Å². The first-order valence-corrected chi connectivity index (χ1v) is 8.30. The van der Waals surface area contributed by atoms with E-state index in [2.05, 4.69) is 20.8 Å². The summed E-state index contributed by atoms with van der Waals surface area (Å²) >= 11 is 9.44. The van der Waals surface area contributed by atoms with E-state index < -0.39 is 0 Å². The molecule has 0 amide bonds. The summed E-state index contributed by atoms with van der Waals surface area (Å²) in [5, 5.41) is 0.702. The maximum Gasteiger partial charge on any atom is 0.136 e. The van der Waals surface area contributed by atoms with Crippen LogP contribution in [0.1, 0.15) is 5.56 Å². The summed E-state index contributed by atoms with van der Waals surface area (Å²) in [5.74, 6) is 0.830. The van der Waals surface area contributed by atoms with Crippen molar-refractivity contribution in [2.45, 2.75) is 6.92 Å². The molecule has 7 heteroatoms. The quantitative estimate of drug-likeness (QED) is 0.638. The van der Waals surface area contributed by atoms with Gasteiger partial charge in [0.2, 0.25) is 0 Å². The van der Waals surface area contributed by atoms with Crippen LogP contribution in [0.15, 0.2) is 16.6 Å². The molecular weight excluding hydrogens is 393 g/mol. The highest BCUT2D eigenvalue weighted by Gasteiger charge is 2.10. The van der Waals surface area contributed by atoms with E-state index in [4.69, 9.17) is 25.8 Å². The molecule has 0 spiro atoms. The van der Waals surface area contributed by atoms with Gasteiger partial charge in [-0.25, -0.2) is 0 Å². The van der Waals surface area contributed by atoms with Crippen LogP contribution < -0.4 is 4.74 Å². The van der Waals surface area contributed by atoms with Crippen molar-refractivity contribution < 1.29 is 14.2 Å². The Labute approximate surface area is 151 Å². The van der Waals surface area contributed by atoms with Crippen LogP contribution in [0.3, 0.4) is 0 Å². The van der Waals surface area contributed by atoms with Crippen molar-refractivity contribution in [2.24, 2.45) is 0 Å². The van der Waals surface area contributed by atoms with Gasteiger partial charge in [0.1, 0.15) is 12.4 Å². The van der Waals surface area contributed by atoms with Gasteiger partial charge < -0.3 is 14.2 Å². The number of halogens is 3. The Hall–Kier alpha value is -0.0400. The van der Waals surface area contributed by atoms with E-state index >= 15 is 0 Å². The number of morpholine rings is 1. The summed E-state index contributed by atoms with van der Waals surface area (Å²) in [6.45, 7) is 8.42. The van der Waals surface area contributed by atoms with Crippen LogP contribution in [-0.2, 0) is 9.47 Å². The van der Waals surface area contributed by atoms with Crippen LogP contribution in [-0.4, -0.2) is 57.6 Å². The van der Waals surface area contributed by atoms with Gasteiger partial charge >= 0.3 is 0 Å². The lowest BCUT2D eigenvalue weighted by atomic mass is 10.2. The van der Waals surface area contributed by atoms with Gasteiger partial charge in [0.05, 0.1) is 30.9 Å². The Bertz CT molecular complexity index is 433. The molecule has 0 radical (unpaired) electrons. The monoisotopic (exact) mass is 413 g/mol. The van der Waals surface area contributed by atoms with Gasteiger partial charge in [0.15, 0.2) is 0 Å². The van der Waals surface area contributed by atoms with Crippen LogP contribution >= 0.6 is 39.9 Å². The first-order valence-electron chi connectivity index (χ1n) is 7.13. The molecule has 0 N–H and O–H groups in total. The third-order valence-corrected chi connectivity index (χ3v) is 4.13. The Kier molecular flexibility index (Phi) is 9.71. The molecular formula is C15H22BrCl2NO3. The molecule has 0 atom stereocenters. The standard InChI is InChI=1S/C15H21BrClNO3.ClH/c1-12-10-13(17)11-14(16)15(12)21-9-8-20-7-4-18-2-5-19-6-3-18;/h10-11H,2-9H2,1H3;1H. The highest BCUT2D eigenvalue weighted by molar-refractivity contribution is 9.10. The fourth-order valence-electron chi connectivity index (χ4n) is 2.19. The molecule has 1 aromatic rings. The van der Waals surface area contributed by atoms with E-state index in [-0.39, 0.29) is 12.4 Å². The minimum atomic E-state index is 0. The number of hydrogen-bond donors (Lipinski definition) is 0. The van der Waals surface area contributed by atoms with Gasteiger partial charge in [-0.05, 0) is 40.5 Å². The fourth-order valence-corrected chi connectivity index (χ4v) is 3.27. The zero-order valence-electron chi connectivity index (χ0n) is 12.6. The predicted octanol–water partition coefficient (Wildman–Crippen LogP) is 3.56. The summed E-state index contributed by atoms with van der Waals surface area (Å²) in [4.78, 5) is 2.35. The van der Waals surface area contributed by atoms with Crippen molar-refractivity contribution in [1.82, 2.24) is 4.90 Å². The van der Waals surface area contributed by atoms with Gasteiger partial charge in [0, 0.05) is 24.7 Å². The lowest BCUT2D eigenvalue weighted by Gasteiger charge is -2.26. The molecule has 1 aromatic carbocycles. The Morgan fingerprint density at radius 3 is 2.64 bits per heavy atom. The van der Waals surface area contributed by atoms with Crippen molar-refractivity contribution in [3.05, 3.63) is 27.2 Å². The van der Waals surface area contributed by atoms with E-state index in [1.807, 2.05) is 19.1 Å². The van der Waals surface area contributed by atoms with Crippen LogP contribution in [0.5, 0.6) is 5.75 Å². The molecule has 1 aliphatic rings. The van der Waals surface area contributed by atoms with Crippen molar-refractivity contribution in [2.75, 3.05) is 52.7 Å². The van der Waals surface area contributed by atoms with E-state index in [0.29, 0.717) is 18.2 Å². The summed E-state index contributed by atoms with van der Waals surface area (Å²) in [5.41, 5.74) is 1.02. The molecule has 1 fully saturated rings. The lowest BCUT2D eigenvalue weighted by molar-refractivity contribution is 0.0170. The summed E-state index contributed by atoms with van der Waals surface area (Å²) in [6.07, 6.45) is 0. The molecule has 0 saturated carbocycles. The number of rotatable bonds is 7. The highest BCUT2D eigenvalue weighted by atomic mass is 79.9. The van der Waals surface area contributed by atoms with Gasteiger partial charge in [-0.1, -0.05) is 11.6 Å². The number of nitrogens with zero attached hydrogens (tertiary/aromatic N) is 1. The van der Waals surface area contributed by atoms with Crippen LogP contribution in [0.25, 0.3) is 0 Å². The minimum Gasteiger partial charge on any atom is -0.490 e. The van der Waals surface area contributed by atoms with Gasteiger partial charge in [0.25, 0.3) is 0 Å². The minimum absolute atomic E-state index is 0. The normalized spacial score (nSPS) is 15.4. The maximum atomic E-state index is 5.97. The predicted molar refractivity (Wildman–Crippen MR) is 94.7 cm³/mol. The van der Waals surface area contributed by atoms with E-state index in [0.717, 1.165) is 55.2 Å². The molecule has 1 aliphatic heterocycles. The Morgan fingerprint density at radius 1 is 1.23 bits per heavy atom. The smallest absolute Gasteiger partial charge is 0.136 e. The van der Waals surface area contributed by atoms with Crippen molar-refractivity contribution in [1.29, 1.82) is 0 Å². The molecule has 0 unspecified atom stereocenters. The highest BCUT2D eigenvalue weighted by Crippen LogP contribution is 2.32. The molecule has 1 heterocycles. The average Bonchev–Trinajstić information content (AvgIpc) is 2.45. The van der Waals surface area contributed by atoms with Crippen molar-refractivity contribution >= 4 is 39.9 Å². The molecule has 126 valence electrons. The molecule has 22 heavy (non-hydrogen) atoms. The second-order valence-electron chi connectivity index (χ2n) is 4.95. The Balaban J connectivity index is 0.00000242. The van der Waals surface area contributed by atoms with Crippen LogP contribution in [0, 0.1) is 6.92 Å². The SMILES string of the molecule is Cc1cc(Cl)cc(Br)c1OCCOCCN1CCOCC1.Cl. The number of aryl methyl sites for hydroxylation is 1. The summed E-state index contributed by atoms with van der Waals surface area (Å²) in [7, 11) is 0. The Morgan fingerprint density at radius 2 is 1.95 bits per heavy atom. The third kappa shape index (κ3) is 6.60. The van der Waals surface area contributed by atoms with E-state index in [9.17, 15) is 0 Å². The van der Waals surface area contributed by atoms with Gasteiger partial charge in [-0.2, -0.15) is 0 Å². The van der Waals surface area contributed by atoms with E-state index in [1.54, 1.807) is 0 Å². The van der Waals surface area contributed by atoms with E-state index in [1.165, 1.54) is 0 Å². The topological polar surface area (TPSA) is 30.9 Å². The largest absolute Gasteiger partial charge is 0.490 e. The zero-order valence-corrected chi connectivity index (χ0v) is 15.8. The third-order valence-electron chi connectivity index (χ3n) is 3.32. The molecule has 2 rings (SSSR count). The molecule has 4 nitrogen and oxygen atoms in total. The van der Waals surface area contributed by atoms with Gasteiger partial charge in [-0.3, -0.25) is 4.90 Å². The maximum absolute atomic E-state index is 5.97. The molecule has 0 aromatic heterocycles.